The van der Waals surface area contributed by atoms with Gasteiger partial charge in [-0.3, -0.25) is 14.4 Å². The van der Waals surface area contributed by atoms with Crippen molar-refractivity contribution in [3.63, 3.8) is 0 Å². The van der Waals surface area contributed by atoms with E-state index in [1.165, 1.54) is 18.2 Å². The predicted molar refractivity (Wildman–Crippen MR) is 162 cm³/mol. The first-order chi connectivity index (χ1) is 16.6. The monoisotopic (exact) mass is 618 g/mol. The van der Waals surface area contributed by atoms with Gasteiger partial charge in [0.05, 0.1) is 0 Å². The first kappa shape index (κ1) is 45.3. The average molecular weight is 620 g/mol. The number of hydrogen-bond acceptors (Lipinski definition) is 6. The van der Waals surface area contributed by atoms with Gasteiger partial charge in [0.1, 0.15) is 0 Å². The normalized spacial score (nSPS) is 14.1. The van der Waals surface area contributed by atoms with E-state index in [1.807, 2.05) is 125 Å². The second-order valence-corrected chi connectivity index (χ2v) is 16.1. The molecule has 0 aliphatic carbocycles. The minimum absolute atomic E-state index is 0. The van der Waals surface area contributed by atoms with Crippen LogP contribution in [0.15, 0.2) is 35.5 Å². The van der Waals surface area contributed by atoms with Crippen molar-refractivity contribution in [1.82, 2.24) is 0 Å². The third-order valence-electron chi connectivity index (χ3n) is 5.22. The summed E-state index contributed by atoms with van der Waals surface area (Å²) in [6.45, 7) is 32.5. The van der Waals surface area contributed by atoms with Gasteiger partial charge in [-0.25, -0.2) is 0 Å². The van der Waals surface area contributed by atoms with E-state index in [9.17, 15) is 29.7 Å². The summed E-state index contributed by atoms with van der Waals surface area (Å²) in [5.74, 6) is -0.625. The van der Waals surface area contributed by atoms with E-state index in [4.69, 9.17) is 0 Å². The van der Waals surface area contributed by atoms with Crippen molar-refractivity contribution in [3.05, 3.63) is 35.5 Å². The van der Waals surface area contributed by atoms with E-state index in [0.717, 1.165) is 0 Å². The average Bonchev–Trinajstić information content (AvgIpc) is 2.64. The van der Waals surface area contributed by atoms with Crippen molar-refractivity contribution in [2.24, 2.45) is 32.5 Å². The molecule has 0 radical (unpaired) electrons. The predicted octanol–water partition coefficient (Wildman–Crippen LogP) is 5.29. The molecule has 0 N–H and O–H groups in total. The number of carbonyl (C=O) groups excluding carboxylic acids is 3. The Morgan fingerprint density at radius 3 is 0.550 bits per heavy atom. The number of carbonyl (C=O) groups is 3. The van der Waals surface area contributed by atoms with Gasteiger partial charge in [0.2, 0.25) is 0 Å². The molecule has 0 rings (SSSR count). The quantitative estimate of drug-likeness (QED) is 0.240. The minimum atomic E-state index is -0.457. The maximum Gasteiger partial charge on any atom is 3.00 e. The number of ketones is 3. The second kappa shape index (κ2) is 16.0. The molecular weight excluding hydrogens is 562 g/mol. The molecule has 0 aliphatic rings. The Bertz CT molecular complexity index is 801. The topological polar surface area (TPSA) is 120 Å². The largest absolute Gasteiger partial charge is 3.00 e. The van der Waals surface area contributed by atoms with Gasteiger partial charge in [0.25, 0.3) is 0 Å². The molecule has 0 saturated heterocycles. The van der Waals surface area contributed by atoms with Crippen molar-refractivity contribution >= 4 is 37.1 Å². The summed E-state index contributed by atoms with van der Waals surface area (Å²) in [5.41, 5.74) is -2.74. The van der Waals surface area contributed by atoms with Crippen LogP contribution in [0.25, 0.3) is 0 Å². The van der Waals surface area contributed by atoms with Crippen LogP contribution >= 0.6 is 0 Å². The Morgan fingerprint density at radius 2 is 0.475 bits per heavy atom. The van der Waals surface area contributed by atoms with E-state index in [1.54, 1.807) is 0 Å². The number of allylic oxidation sites excluding steroid dienone is 6. The van der Waals surface area contributed by atoms with Crippen molar-refractivity contribution in [3.8, 4) is 0 Å². The summed E-state index contributed by atoms with van der Waals surface area (Å²) in [4.78, 5) is 34.3. The van der Waals surface area contributed by atoms with Gasteiger partial charge in [-0.2, -0.15) is 0 Å². The molecular formula is C33H57GaO6. The number of rotatable bonds is 3. The molecule has 0 aromatic heterocycles. The van der Waals surface area contributed by atoms with Crippen LogP contribution in [0.2, 0.25) is 0 Å². The van der Waals surface area contributed by atoms with Gasteiger partial charge < -0.3 is 15.3 Å². The zero-order chi connectivity index (χ0) is 32.6. The van der Waals surface area contributed by atoms with Gasteiger partial charge in [0, 0.05) is 16.2 Å². The summed E-state index contributed by atoms with van der Waals surface area (Å²) in [5, 5.41) is 34.3. The van der Waals surface area contributed by atoms with Crippen LogP contribution in [0, 0.1) is 32.5 Å². The molecule has 6 nitrogen and oxygen atoms in total. The van der Waals surface area contributed by atoms with Crippen LogP contribution in [-0.2, 0) is 14.4 Å². The zero-order valence-corrected chi connectivity index (χ0v) is 31.2. The Hall–Kier alpha value is -1.73. The SMILES string of the molecule is CC(C)(C)C(=O)/C=C(\[O-])C(C)(C)C.CC(C)(C)C(=O)/C=C(\[O-])C(C)(C)C.CC(C)(C)C(=O)/C=C(\[O-])C(C)(C)C.[Ga+3]. The summed E-state index contributed by atoms with van der Waals surface area (Å²) >= 11 is 0. The molecule has 0 amide bonds. The summed E-state index contributed by atoms with van der Waals surface area (Å²) in [6.07, 6.45) is 3.67. The Morgan fingerprint density at radius 1 is 0.350 bits per heavy atom. The molecule has 0 aromatic carbocycles. The van der Waals surface area contributed by atoms with Gasteiger partial charge >= 0.3 is 19.8 Å². The molecule has 0 aliphatic heterocycles. The van der Waals surface area contributed by atoms with Crippen molar-refractivity contribution in [2.75, 3.05) is 0 Å². The van der Waals surface area contributed by atoms with Crippen LogP contribution in [-0.4, -0.2) is 37.1 Å². The number of hydrogen-bond donors (Lipinski definition) is 0. The fourth-order valence-corrected chi connectivity index (χ4v) is 1.66. The molecule has 0 saturated carbocycles. The van der Waals surface area contributed by atoms with E-state index < -0.39 is 32.5 Å². The smallest absolute Gasteiger partial charge is 0.875 e. The molecule has 0 unspecified atom stereocenters. The molecule has 40 heavy (non-hydrogen) atoms. The van der Waals surface area contributed by atoms with E-state index in [0.29, 0.717) is 0 Å². The molecule has 0 fully saturated rings. The van der Waals surface area contributed by atoms with Gasteiger partial charge in [-0.15, -0.1) is 17.3 Å². The standard InChI is InChI=1S/3C11H20O2.Ga/c3*1-10(2,3)8(12)7-9(13)11(4,5)6;/h3*7,12H,1-6H3;/q;;;+3/p-3/b3*8-7-;. The van der Waals surface area contributed by atoms with Crippen molar-refractivity contribution in [1.29, 1.82) is 0 Å². The van der Waals surface area contributed by atoms with Gasteiger partial charge in [-0.05, 0) is 34.5 Å². The molecule has 0 heterocycles. The third-order valence-corrected chi connectivity index (χ3v) is 5.22. The summed E-state index contributed by atoms with van der Waals surface area (Å²) < 4.78 is 0. The molecule has 228 valence electrons. The zero-order valence-electron chi connectivity index (χ0n) is 28.8. The van der Waals surface area contributed by atoms with Crippen LogP contribution in [0.4, 0.5) is 0 Å². The third kappa shape index (κ3) is 21.1. The summed E-state index contributed by atoms with van der Waals surface area (Å²) in [7, 11) is 0. The van der Waals surface area contributed by atoms with Crippen LogP contribution < -0.4 is 15.3 Å². The van der Waals surface area contributed by atoms with Crippen LogP contribution in [0.1, 0.15) is 125 Å². The summed E-state index contributed by atoms with van der Waals surface area (Å²) in [6, 6.07) is 0. The fraction of sp³-hybridized carbons (Fsp3) is 0.727. The first-order valence-electron chi connectivity index (χ1n) is 13.5. The second-order valence-electron chi connectivity index (χ2n) is 16.1. The molecule has 0 aromatic rings. The van der Waals surface area contributed by atoms with Crippen LogP contribution in [0.5, 0.6) is 0 Å². The van der Waals surface area contributed by atoms with Crippen molar-refractivity contribution in [2.45, 2.75) is 125 Å². The van der Waals surface area contributed by atoms with Crippen molar-refractivity contribution < 1.29 is 29.7 Å². The maximum atomic E-state index is 11.4. The van der Waals surface area contributed by atoms with Crippen LogP contribution in [0.3, 0.4) is 0 Å². The first-order valence-corrected chi connectivity index (χ1v) is 13.5. The molecule has 0 bridgehead atoms. The molecule has 0 spiro atoms. The van der Waals surface area contributed by atoms with Gasteiger partial charge in [0.15, 0.2) is 17.3 Å². The van der Waals surface area contributed by atoms with E-state index in [-0.39, 0.29) is 54.4 Å². The Kier molecular flexibility index (Phi) is 18.2. The van der Waals surface area contributed by atoms with E-state index >= 15 is 0 Å². The Labute approximate surface area is 258 Å². The minimum Gasteiger partial charge on any atom is -0.875 e. The van der Waals surface area contributed by atoms with Gasteiger partial charge in [-0.1, -0.05) is 125 Å². The van der Waals surface area contributed by atoms with E-state index in [2.05, 4.69) is 0 Å². The molecule has 7 heteroatoms. The fourth-order valence-electron chi connectivity index (χ4n) is 1.66. The molecule has 0 atom stereocenters. The Balaban J connectivity index is -0.000000240. The maximum absolute atomic E-state index is 11.4.